The minimum Gasteiger partial charge on any atom is -0.493 e. The van der Waals surface area contributed by atoms with E-state index in [1.807, 2.05) is 48.6 Å². The van der Waals surface area contributed by atoms with Gasteiger partial charge < -0.3 is 18.9 Å². The highest BCUT2D eigenvalue weighted by Crippen LogP contribution is 2.21. The molecule has 4 heteroatoms. The fourth-order valence-electron chi connectivity index (χ4n) is 2.88. The average molecular weight is 368 g/mol. The summed E-state index contributed by atoms with van der Waals surface area (Å²) in [7, 11) is 0. The molecule has 0 spiro atoms. The first-order valence-corrected chi connectivity index (χ1v) is 9.65. The zero-order chi connectivity index (χ0) is 18.6. The molecule has 0 bridgehead atoms. The molecule has 4 nitrogen and oxygen atoms in total. The van der Waals surface area contributed by atoms with Crippen LogP contribution in [-0.4, -0.2) is 26.4 Å². The summed E-state index contributed by atoms with van der Waals surface area (Å²) in [5, 5.41) is 0. The second-order valence-electron chi connectivity index (χ2n) is 6.47. The van der Waals surface area contributed by atoms with E-state index in [4.69, 9.17) is 18.9 Å². The van der Waals surface area contributed by atoms with E-state index in [-0.39, 0.29) is 0 Å². The molecule has 2 aromatic carbocycles. The molecule has 1 aliphatic heterocycles. The smallest absolute Gasteiger partial charge is 0.124 e. The van der Waals surface area contributed by atoms with Gasteiger partial charge >= 0.3 is 0 Å². The molecule has 1 aliphatic rings. The van der Waals surface area contributed by atoms with Crippen LogP contribution in [-0.2, 0) is 22.7 Å². The van der Waals surface area contributed by atoms with Crippen molar-refractivity contribution in [3.05, 3.63) is 71.8 Å². The predicted molar refractivity (Wildman–Crippen MR) is 106 cm³/mol. The number of para-hydroxylation sites is 2. The molecule has 0 aromatic heterocycles. The quantitative estimate of drug-likeness (QED) is 0.619. The summed E-state index contributed by atoms with van der Waals surface area (Å²) in [6.45, 7) is 3.61. The third kappa shape index (κ3) is 6.74. The molecule has 0 unspecified atom stereocenters. The van der Waals surface area contributed by atoms with Crippen molar-refractivity contribution in [2.45, 2.75) is 32.5 Å². The van der Waals surface area contributed by atoms with Gasteiger partial charge in [-0.3, -0.25) is 0 Å². The van der Waals surface area contributed by atoms with Crippen LogP contribution in [0, 0.1) is 0 Å². The van der Waals surface area contributed by atoms with Crippen molar-refractivity contribution in [1.82, 2.24) is 0 Å². The number of hydrogen-bond donors (Lipinski definition) is 0. The molecule has 27 heavy (non-hydrogen) atoms. The molecule has 144 valence electrons. The standard InChI is InChI=1S/C23H28O4/c1-6-16-26-22-12-4-2-10-20(22)18-24-14-8-9-15-25-19-21-11-3-5-13-23(21)27-17-7-1/h2-5,8-13H,1,6-7,14-19H2/b9-8+. The van der Waals surface area contributed by atoms with Gasteiger partial charge in [0.2, 0.25) is 0 Å². The van der Waals surface area contributed by atoms with Gasteiger partial charge in [-0.2, -0.15) is 0 Å². The molecule has 0 radical (unpaired) electrons. The Bertz CT molecular complexity index is 652. The predicted octanol–water partition coefficient (Wildman–Crippen LogP) is 4.92. The van der Waals surface area contributed by atoms with Crippen LogP contribution < -0.4 is 9.47 Å². The second kappa shape index (κ2) is 11.4. The van der Waals surface area contributed by atoms with Crippen molar-refractivity contribution in [2.24, 2.45) is 0 Å². The molecule has 0 aliphatic carbocycles. The van der Waals surface area contributed by atoms with Crippen LogP contribution in [0.5, 0.6) is 11.5 Å². The van der Waals surface area contributed by atoms with Crippen molar-refractivity contribution < 1.29 is 18.9 Å². The van der Waals surface area contributed by atoms with Gasteiger partial charge in [0.05, 0.1) is 39.6 Å². The van der Waals surface area contributed by atoms with Crippen molar-refractivity contribution >= 4 is 0 Å². The fourth-order valence-corrected chi connectivity index (χ4v) is 2.88. The van der Waals surface area contributed by atoms with E-state index in [2.05, 4.69) is 12.1 Å². The molecule has 0 fully saturated rings. The Balaban J connectivity index is 1.58. The molecule has 0 atom stereocenters. The molecule has 0 amide bonds. The van der Waals surface area contributed by atoms with Gasteiger partial charge in [0.1, 0.15) is 11.5 Å². The molecule has 0 saturated heterocycles. The summed E-state index contributed by atoms with van der Waals surface area (Å²) in [5.74, 6) is 1.82. The van der Waals surface area contributed by atoms with Crippen LogP contribution in [0.3, 0.4) is 0 Å². The molecule has 2 aromatic rings. The summed E-state index contributed by atoms with van der Waals surface area (Å²) < 4.78 is 23.4. The Morgan fingerprint density at radius 3 is 1.56 bits per heavy atom. The molecule has 0 N–H and O–H groups in total. The van der Waals surface area contributed by atoms with Crippen molar-refractivity contribution in [1.29, 1.82) is 0 Å². The molecular weight excluding hydrogens is 340 g/mol. The first-order chi connectivity index (χ1) is 13.4. The van der Waals surface area contributed by atoms with Gasteiger partial charge in [0.15, 0.2) is 0 Å². The first-order valence-electron chi connectivity index (χ1n) is 9.65. The van der Waals surface area contributed by atoms with Crippen LogP contribution in [0.4, 0.5) is 0 Å². The van der Waals surface area contributed by atoms with Gasteiger partial charge in [-0.25, -0.2) is 0 Å². The van der Waals surface area contributed by atoms with Crippen LogP contribution in [0.25, 0.3) is 0 Å². The number of fused-ring (bicyclic) bond motifs is 2. The average Bonchev–Trinajstić information content (AvgIpc) is 2.70. The Morgan fingerprint density at radius 2 is 1.04 bits per heavy atom. The third-order valence-electron chi connectivity index (χ3n) is 4.36. The number of hydrogen-bond acceptors (Lipinski definition) is 4. The van der Waals surface area contributed by atoms with Crippen molar-refractivity contribution in [3.63, 3.8) is 0 Å². The third-order valence-corrected chi connectivity index (χ3v) is 4.36. The zero-order valence-electron chi connectivity index (χ0n) is 15.8. The normalized spacial score (nSPS) is 18.4. The fraction of sp³-hybridized carbons (Fsp3) is 0.391. The SMILES string of the molecule is C1=C/COCc2ccccc2OCCCCCOc2ccccc2COC/1. The Kier molecular flexibility index (Phi) is 8.23. The Labute approximate surface area is 161 Å². The highest BCUT2D eigenvalue weighted by Gasteiger charge is 2.05. The summed E-state index contributed by atoms with van der Waals surface area (Å²) in [5.41, 5.74) is 2.16. The maximum absolute atomic E-state index is 5.95. The van der Waals surface area contributed by atoms with E-state index in [9.17, 15) is 0 Å². The maximum Gasteiger partial charge on any atom is 0.124 e. The lowest BCUT2D eigenvalue weighted by molar-refractivity contribution is 0.137. The van der Waals surface area contributed by atoms with Gasteiger partial charge in [0, 0.05) is 11.1 Å². The zero-order valence-corrected chi connectivity index (χ0v) is 15.8. The molecule has 3 rings (SSSR count). The van der Waals surface area contributed by atoms with Crippen LogP contribution in [0.1, 0.15) is 30.4 Å². The summed E-state index contributed by atoms with van der Waals surface area (Å²) in [6.07, 6.45) is 7.05. The van der Waals surface area contributed by atoms with E-state index in [1.54, 1.807) is 0 Å². The van der Waals surface area contributed by atoms with Crippen molar-refractivity contribution in [3.8, 4) is 11.5 Å². The number of benzene rings is 2. The van der Waals surface area contributed by atoms with Crippen LogP contribution >= 0.6 is 0 Å². The van der Waals surface area contributed by atoms with E-state index < -0.39 is 0 Å². The first kappa shape index (κ1) is 19.5. The summed E-state index contributed by atoms with van der Waals surface area (Å²) in [4.78, 5) is 0. The lowest BCUT2D eigenvalue weighted by Crippen LogP contribution is -2.04. The maximum atomic E-state index is 5.95. The van der Waals surface area contributed by atoms with E-state index >= 15 is 0 Å². The monoisotopic (exact) mass is 368 g/mol. The minimum atomic E-state index is 0.544. The van der Waals surface area contributed by atoms with Crippen molar-refractivity contribution in [2.75, 3.05) is 26.4 Å². The highest BCUT2D eigenvalue weighted by molar-refractivity contribution is 5.33. The van der Waals surface area contributed by atoms with E-state index in [0.717, 1.165) is 41.9 Å². The van der Waals surface area contributed by atoms with E-state index in [1.165, 1.54) is 0 Å². The van der Waals surface area contributed by atoms with Crippen LogP contribution in [0.2, 0.25) is 0 Å². The summed E-state index contributed by atoms with van der Waals surface area (Å²) in [6, 6.07) is 16.1. The lowest BCUT2D eigenvalue weighted by atomic mass is 10.2. The number of rotatable bonds is 0. The molecular formula is C23H28O4. The van der Waals surface area contributed by atoms with Gasteiger partial charge in [0.25, 0.3) is 0 Å². The number of ether oxygens (including phenoxy) is 4. The van der Waals surface area contributed by atoms with Gasteiger partial charge in [-0.05, 0) is 31.4 Å². The summed E-state index contributed by atoms with van der Waals surface area (Å²) >= 11 is 0. The topological polar surface area (TPSA) is 36.9 Å². The minimum absolute atomic E-state index is 0.544. The van der Waals surface area contributed by atoms with E-state index in [0.29, 0.717) is 39.6 Å². The largest absolute Gasteiger partial charge is 0.493 e. The Hall–Kier alpha value is -2.30. The molecule has 1 heterocycles. The van der Waals surface area contributed by atoms with Gasteiger partial charge in [-0.15, -0.1) is 0 Å². The second-order valence-corrected chi connectivity index (χ2v) is 6.47. The van der Waals surface area contributed by atoms with Gasteiger partial charge in [-0.1, -0.05) is 48.6 Å². The lowest BCUT2D eigenvalue weighted by Gasteiger charge is -2.12. The highest BCUT2D eigenvalue weighted by atomic mass is 16.5. The molecule has 0 saturated carbocycles. The van der Waals surface area contributed by atoms with Crippen LogP contribution in [0.15, 0.2) is 60.7 Å². The Morgan fingerprint density at radius 1 is 0.556 bits per heavy atom.